The van der Waals surface area contributed by atoms with E-state index in [-0.39, 0.29) is 6.42 Å². The summed E-state index contributed by atoms with van der Waals surface area (Å²) in [5.41, 5.74) is 3.88. The molecule has 3 N–H and O–H groups in total. The molecule has 2 unspecified atom stereocenters. The van der Waals surface area contributed by atoms with Gasteiger partial charge in [-0.2, -0.15) is 0 Å². The van der Waals surface area contributed by atoms with Gasteiger partial charge in [0.05, 0.1) is 22.7 Å². The number of carboxylic acids is 1. The number of hydrogen-bond acceptors (Lipinski definition) is 5. The van der Waals surface area contributed by atoms with Crippen LogP contribution >= 0.6 is 0 Å². The average Bonchev–Trinajstić information content (AvgIpc) is 3.01. The normalized spacial score (nSPS) is 13.6. The molecule has 2 heterocycles. The Kier molecular flexibility index (Phi) is 4.85. The third-order valence-corrected chi connectivity index (χ3v) is 4.89. The van der Waals surface area contributed by atoms with Crippen LogP contribution < -0.4 is 5.32 Å². The number of para-hydroxylation sites is 3. The van der Waals surface area contributed by atoms with Crippen molar-refractivity contribution in [2.45, 2.75) is 32.0 Å². The van der Waals surface area contributed by atoms with Gasteiger partial charge in [-0.3, -0.25) is 4.79 Å². The van der Waals surface area contributed by atoms with Crippen molar-refractivity contribution in [3.63, 3.8) is 0 Å². The van der Waals surface area contributed by atoms with Crippen LogP contribution in [0.3, 0.4) is 0 Å². The van der Waals surface area contributed by atoms with Gasteiger partial charge in [0.2, 0.25) is 5.91 Å². The van der Waals surface area contributed by atoms with Gasteiger partial charge in [0.25, 0.3) is 0 Å². The number of aliphatic hydroxyl groups is 1. The fraction of sp³-hybridized carbons (Fsp3) is 0.238. The Balaban J connectivity index is 1.70. The first kappa shape index (κ1) is 18.8. The van der Waals surface area contributed by atoms with Crippen molar-refractivity contribution in [1.29, 1.82) is 0 Å². The number of rotatable bonds is 6. The first-order valence-electron chi connectivity index (χ1n) is 9.29. The van der Waals surface area contributed by atoms with Gasteiger partial charge in [-0.15, -0.1) is 0 Å². The highest BCUT2D eigenvalue weighted by Crippen LogP contribution is 2.28. The van der Waals surface area contributed by atoms with Gasteiger partial charge in [-0.1, -0.05) is 30.3 Å². The van der Waals surface area contributed by atoms with Crippen molar-refractivity contribution in [1.82, 2.24) is 19.9 Å². The molecule has 0 aliphatic heterocycles. The molecule has 8 nitrogen and oxygen atoms in total. The van der Waals surface area contributed by atoms with Crippen LogP contribution in [0.5, 0.6) is 0 Å². The first-order valence-corrected chi connectivity index (χ1v) is 9.29. The first-order chi connectivity index (χ1) is 14.0. The molecule has 0 aliphatic rings. The highest BCUT2D eigenvalue weighted by molar-refractivity contribution is 6.06. The van der Waals surface area contributed by atoms with Crippen molar-refractivity contribution in [2.75, 3.05) is 0 Å². The Morgan fingerprint density at radius 3 is 2.41 bits per heavy atom. The number of hydrogen-bond donors (Lipinski definition) is 3. The van der Waals surface area contributed by atoms with Crippen LogP contribution in [-0.4, -0.2) is 48.8 Å². The lowest BCUT2D eigenvalue weighted by Gasteiger charge is -2.17. The van der Waals surface area contributed by atoms with E-state index in [2.05, 4.69) is 5.32 Å². The Hall–Kier alpha value is -3.52. The number of aromatic nitrogens is 3. The summed E-state index contributed by atoms with van der Waals surface area (Å²) >= 11 is 0. The number of carbonyl (C=O) groups is 2. The molecule has 2 aromatic heterocycles. The molecule has 0 radical (unpaired) electrons. The van der Waals surface area contributed by atoms with E-state index < -0.39 is 24.0 Å². The molecule has 0 fully saturated rings. The fourth-order valence-corrected chi connectivity index (χ4v) is 3.46. The molecule has 0 bridgehead atoms. The maximum Gasteiger partial charge on any atom is 0.328 e. The summed E-state index contributed by atoms with van der Waals surface area (Å²) in [6.07, 6.45) is -1.15. The zero-order valence-corrected chi connectivity index (χ0v) is 15.7. The lowest BCUT2D eigenvalue weighted by Crippen LogP contribution is -2.47. The Bertz CT molecular complexity index is 1230. The fourth-order valence-electron chi connectivity index (χ4n) is 3.46. The SMILES string of the molecule is CC(O)C(NC(=O)CCn1c2ccccc2c2nc3ccccc3nc21)C(=O)O. The molecule has 2 atom stereocenters. The maximum atomic E-state index is 12.3. The van der Waals surface area contributed by atoms with Gasteiger partial charge < -0.3 is 20.1 Å². The Morgan fingerprint density at radius 1 is 1.07 bits per heavy atom. The minimum absolute atomic E-state index is 0.0405. The van der Waals surface area contributed by atoms with E-state index in [4.69, 9.17) is 15.1 Å². The largest absolute Gasteiger partial charge is 0.480 e. The second-order valence-electron chi connectivity index (χ2n) is 6.93. The molecule has 0 spiro atoms. The number of fused-ring (bicyclic) bond motifs is 4. The molecule has 0 saturated heterocycles. The highest BCUT2D eigenvalue weighted by Gasteiger charge is 2.25. The van der Waals surface area contributed by atoms with Crippen LogP contribution in [0.25, 0.3) is 33.1 Å². The molecule has 148 valence electrons. The van der Waals surface area contributed by atoms with E-state index in [1.807, 2.05) is 53.1 Å². The second kappa shape index (κ2) is 7.48. The second-order valence-corrected chi connectivity index (χ2v) is 6.93. The zero-order chi connectivity index (χ0) is 20.5. The summed E-state index contributed by atoms with van der Waals surface area (Å²) in [6, 6.07) is 14.0. The van der Waals surface area contributed by atoms with Crippen molar-refractivity contribution in [2.24, 2.45) is 0 Å². The minimum Gasteiger partial charge on any atom is -0.480 e. The van der Waals surface area contributed by atoms with Gasteiger partial charge in [0, 0.05) is 18.4 Å². The number of benzene rings is 2. The molecule has 4 aromatic rings. The van der Waals surface area contributed by atoms with Crippen molar-refractivity contribution < 1.29 is 19.8 Å². The number of aliphatic hydroxyl groups excluding tert-OH is 1. The number of aliphatic carboxylic acids is 1. The molecular formula is C21H20N4O4. The van der Waals surface area contributed by atoms with Crippen LogP contribution in [0, 0.1) is 0 Å². The number of nitrogens with zero attached hydrogens (tertiary/aromatic N) is 3. The topological polar surface area (TPSA) is 117 Å². The van der Waals surface area contributed by atoms with Gasteiger partial charge in [-0.05, 0) is 25.1 Å². The molecule has 1 amide bonds. The van der Waals surface area contributed by atoms with Crippen LogP contribution in [0.15, 0.2) is 48.5 Å². The van der Waals surface area contributed by atoms with E-state index in [1.165, 1.54) is 6.92 Å². The molecule has 0 aliphatic carbocycles. The lowest BCUT2D eigenvalue weighted by molar-refractivity contribution is -0.144. The van der Waals surface area contributed by atoms with E-state index in [1.54, 1.807) is 0 Å². The standard InChI is InChI=1S/C21H20N4O4/c1-12(26)18(21(28)29)24-17(27)10-11-25-16-9-5-2-6-13(16)19-20(25)23-15-8-4-3-7-14(15)22-19/h2-9,12,18,26H,10-11H2,1H3,(H,24,27)(H,28,29). The number of aryl methyl sites for hydroxylation is 1. The summed E-state index contributed by atoms with van der Waals surface area (Å²) in [7, 11) is 0. The number of carboxylic acid groups (broad SMARTS) is 1. The quantitative estimate of drug-likeness (QED) is 0.462. The molecule has 4 rings (SSSR count). The van der Waals surface area contributed by atoms with Crippen molar-refractivity contribution in [3.05, 3.63) is 48.5 Å². The number of carbonyl (C=O) groups excluding carboxylic acids is 1. The highest BCUT2D eigenvalue weighted by atomic mass is 16.4. The van der Waals surface area contributed by atoms with Gasteiger partial charge in [-0.25, -0.2) is 14.8 Å². The van der Waals surface area contributed by atoms with E-state index in [9.17, 15) is 14.7 Å². The maximum absolute atomic E-state index is 12.3. The molecule has 2 aromatic carbocycles. The van der Waals surface area contributed by atoms with E-state index >= 15 is 0 Å². The van der Waals surface area contributed by atoms with E-state index in [0.29, 0.717) is 12.2 Å². The Labute approximate surface area is 165 Å². The van der Waals surface area contributed by atoms with Crippen LogP contribution in [0.2, 0.25) is 0 Å². The number of nitrogens with one attached hydrogen (secondary N) is 1. The van der Waals surface area contributed by atoms with E-state index in [0.717, 1.165) is 27.5 Å². The summed E-state index contributed by atoms with van der Waals surface area (Å²) in [5.74, 6) is -1.74. The van der Waals surface area contributed by atoms with Crippen LogP contribution in [-0.2, 0) is 16.1 Å². The molecular weight excluding hydrogens is 372 g/mol. The van der Waals surface area contributed by atoms with Gasteiger partial charge >= 0.3 is 5.97 Å². The van der Waals surface area contributed by atoms with Crippen LogP contribution in [0.1, 0.15) is 13.3 Å². The molecule has 0 saturated carbocycles. The van der Waals surface area contributed by atoms with Gasteiger partial charge in [0.15, 0.2) is 11.7 Å². The minimum atomic E-state index is -1.34. The summed E-state index contributed by atoms with van der Waals surface area (Å²) in [4.78, 5) is 33.0. The van der Waals surface area contributed by atoms with Crippen molar-refractivity contribution in [3.8, 4) is 0 Å². The number of amides is 1. The third-order valence-electron chi connectivity index (χ3n) is 4.89. The Morgan fingerprint density at radius 2 is 1.72 bits per heavy atom. The zero-order valence-electron chi connectivity index (χ0n) is 15.7. The third kappa shape index (κ3) is 3.50. The monoisotopic (exact) mass is 392 g/mol. The predicted octanol–water partition coefficient (Wildman–Crippen LogP) is 2.08. The average molecular weight is 392 g/mol. The lowest BCUT2D eigenvalue weighted by atomic mass is 10.2. The smallest absolute Gasteiger partial charge is 0.328 e. The van der Waals surface area contributed by atoms with Crippen molar-refractivity contribution >= 4 is 45.0 Å². The van der Waals surface area contributed by atoms with Crippen LogP contribution in [0.4, 0.5) is 0 Å². The summed E-state index contributed by atoms with van der Waals surface area (Å²) in [6.45, 7) is 1.63. The molecule has 8 heteroatoms. The summed E-state index contributed by atoms with van der Waals surface area (Å²) < 4.78 is 1.92. The van der Waals surface area contributed by atoms with Gasteiger partial charge in [0.1, 0.15) is 5.52 Å². The molecule has 29 heavy (non-hydrogen) atoms. The predicted molar refractivity (Wildman–Crippen MR) is 108 cm³/mol. The summed E-state index contributed by atoms with van der Waals surface area (Å²) in [5, 5.41) is 22.0.